The first-order chi connectivity index (χ1) is 25.9. The number of aliphatic imine (C=N–C) groups is 2. The van der Waals surface area contributed by atoms with Gasteiger partial charge >= 0.3 is 0 Å². The summed E-state index contributed by atoms with van der Waals surface area (Å²) in [6, 6.07) is 24.4. The minimum Gasteiger partial charge on any atom is -0.497 e. The van der Waals surface area contributed by atoms with Gasteiger partial charge in [0.15, 0.2) is 23.0 Å². The monoisotopic (exact) mass is 710 g/mol. The van der Waals surface area contributed by atoms with E-state index in [2.05, 4.69) is 0 Å². The molecule has 0 bridgehead atoms. The highest BCUT2D eigenvalue weighted by Gasteiger charge is 2.35. The molecule has 0 N–H and O–H groups in total. The maximum Gasteiger partial charge on any atom is 0.260 e. The molecular weight excluding hydrogens is 672 g/mol. The Kier molecular flexibility index (Phi) is 9.14. The van der Waals surface area contributed by atoms with Crippen LogP contribution in [-0.4, -0.2) is 80.7 Å². The zero-order valence-electron chi connectivity index (χ0n) is 29.7. The van der Waals surface area contributed by atoms with Crippen molar-refractivity contribution in [1.29, 1.82) is 0 Å². The number of carbonyl (C=O) groups is 2. The van der Waals surface area contributed by atoms with Crippen LogP contribution in [0.1, 0.15) is 51.1 Å². The lowest BCUT2D eigenvalue weighted by Crippen LogP contribution is -2.32. The summed E-state index contributed by atoms with van der Waals surface area (Å²) in [5, 5.41) is 0. The molecule has 1 unspecified atom stereocenters. The molecule has 4 aromatic carbocycles. The second-order valence-corrected chi connectivity index (χ2v) is 13.0. The standard InChI is InChI=1S/C42H38N4O7/c1-49-32-12-10-27(11-13-32)29-17-31-23-44-36-21-40(38(51-3)19-34(36)42(48)46(31)25-29)53-15-7-14-52-39-20-35-33(18-37(39)50-2)41(47)45-24-28(16-30(45)22-43-35)26-8-5-4-6-9-26/h4-6,8-13,18-25,30-31H,7,14-17H2,1-3H3/t30?,31-/m0/s1. The predicted octanol–water partition coefficient (Wildman–Crippen LogP) is 7.50. The third-order valence-corrected chi connectivity index (χ3v) is 9.84. The molecule has 11 nitrogen and oxygen atoms in total. The number of amides is 2. The Hall–Kier alpha value is -6.36. The van der Waals surface area contributed by atoms with Gasteiger partial charge in [0.05, 0.1) is 69.1 Å². The van der Waals surface area contributed by atoms with E-state index in [-0.39, 0.29) is 23.9 Å². The lowest BCUT2D eigenvalue weighted by atomic mass is 10.0. The molecule has 0 aromatic heterocycles. The molecule has 4 aliphatic rings. The minimum atomic E-state index is -0.199. The minimum absolute atomic E-state index is 0.136. The molecule has 4 heterocycles. The fourth-order valence-electron chi connectivity index (χ4n) is 7.02. The lowest BCUT2D eigenvalue weighted by molar-refractivity contribution is 0.0809. The SMILES string of the molecule is COc1ccc(C2=CN3C(=O)c4cc(OC)c(OCCCOc5cc6c(cc5OC)C(=O)N5C=C(c7ccccc7)CC5C=N6)cc4N=C[C@@H]3C2)cc1. The van der Waals surface area contributed by atoms with E-state index < -0.39 is 0 Å². The average Bonchev–Trinajstić information content (AvgIpc) is 3.78. The fraction of sp³-hybridized carbons (Fsp3) is 0.238. The largest absolute Gasteiger partial charge is 0.497 e. The molecule has 0 saturated heterocycles. The molecule has 0 radical (unpaired) electrons. The number of hydrogen-bond donors (Lipinski definition) is 0. The number of ether oxygens (including phenoxy) is 5. The van der Waals surface area contributed by atoms with Crippen LogP contribution in [0.2, 0.25) is 0 Å². The molecule has 2 atom stereocenters. The fourth-order valence-corrected chi connectivity index (χ4v) is 7.02. The number of rotatable bonds is 11. The van der Waals surface area contributed by atoms with Crippen molar-refractivity contribution in [3.8, 4) is 28.7 Å². The van der Waals surface area contributed by atoms with Crippen molar-refractivity contribution in [2.75, 3.05) is 34.5 Å². The third kappa shape index (κ3) is 6.50. The summed E-state index contributed by atoms with van der Waals surface area (Å²) in [6.07, 6.45) is 9.33. The summed E-state index contributed by atoms with van der Waals surface area (Å²) in [7, 11) is 4.73. The topological polar surface area (TPSA) is 111 Å². The summed E-state index contributed by atoms with van der Waals surface area (Å²) in [5.41, 5.74) is 6.21. The molecule has 4 aliphatic heterocycles. The maximum atomic E-state index is 13.7. The summed E-state index contributed by atoms with van der Waals surface area (Å²) in [5.74, 6) is 2.33. The van der Waals surface area contributed by atoms with E-state index in [1.807, 2.05) is 79.4 Å². The van der Waals surface area contributed by atoms with Gasteiger partial charge in [-0.15, -0.1) is 0 Å². The van der Waals surface area contributed by atoms with Gasteiger partial charge in [-0.1, -0.05) is 42.5 Å². The van der Waals surface area contributed by atoms with Crippen LogP contribution in [0.3, 0.4) is 0 Å². The molecule has 8 rings (SSSR count). The first-order valence-corrected chi connectivity index (χ1v) is 17.5. The number of nitrogens with zero attached hydrogens (tertiary/aromatic N) is 4. The quantitative estimate of drug-likeness (QED) is 0.148. The Bertz CT molecular complexity index is 2190. The van der Waals surface area contributed by atoms with Crippen molar-refractivity contribution >= 4 is 46.8 Å². The van der Waals surface area contributed by atoms with Crippen LogP contribution < -0.4 is 23.7 Å². The maximum absolute atomic E-state index is 13.7. The molecule has 0 aliphatic carbocycles. The van der Waals surface area contributed by atoms with Crippen LogP contribution in [0.15, 0.2) is 101 Å². The Morgan fingerprint density at radius 2 is 1.09 bits per heavy atom. The van der Waals surface area contributed by atoms with Crippen LogP contribution in [0.4, 0.5) is 11.4 Å². The van der Waals surface area contributed by atoms with Crippen molar-refractivity contribution in [2.24, 2.45) is 9.98 Å². The second kappa shape index (κ2) is 14.3. The lowest BCUT2D eigenvalue weighted by Gasteiger charge is -2.19. The van der Waals surface area contributed by atoms with E-state index in [9.17, 15) is 9.59 Å². The van der Waals surface area contributed by atoms with E-state index in [1.54, 1.807) is 55.4 Å². The number of benzene rings is 4. The highest BCUT2D eigenvalue weighted by atomic mass is 16.5. The molecule has 4 aromatic rings. The number of hydrogen-bond acceptors (Lipinski definition) is 9. The normalized spacial score (nSPS) is 18.2. The Balaban J connectivity index is 0.911. The Morgan fingerprint density at radius 3 is 1.57 bits per heavy atom. The molecule has 11 heteroatoms. The molecule has 268 valence electrons. The van der Waals surface area contributed by atoms with Crippen LogP contribution in [-0.2, 0) is 0 Å². The molecule has 2 amide bonds. The van der Waals surface area contributed by atoms with Crippen molar-refractivity contribution in [3.63, 3.8) is 0 Å². The van der Waals surface area contributed by atoms with Crippen LogP contribution in [0, 0.1) is 0 Å². The highest BCUT2D eigenvalue weighted by molar-refractivity contribution is 6.06. The molecule has 0 spiro atoms. The van der Waals surface area contributed by atoms with Gasteiger partial charge in [-0.3, -0.25) is 19.6 Å². The van der Waals surface area contributed by atoms with Gasteiger partial charge in [-0.05, 0) is 46.5 Å². The van der Waals surface area contributed by atoms with E-state index in [0.717, 1.165) is 28.0 Å². The number of methoxy groups -OCH3 is 3. The zero-order valence-corrected chi connectivity index (χ0v) is 29.7. The van der Waals surface area contributed by atoms with Gasteiger partial charge in [0, 0.05) is 56.2 Å². The summed E-state index contributed by atoms with van der Waals surface area (Å²) in [4.78, 5) is 40.3. The predicted molar refractivity (Wildman–Crippen MR) is 202 cm³/mol. The summed E-state index contributed by atoms with van der Waals surface area (Å²) < 4.78 is 28.8. The Labute approximate surface area is 307 Å². The van der Waals surface area contributed by atoms with Crippen molar-refractivity contribution in [3.05, 3.63) is 114 Å². The number of fused-ring (bicyclic) bond motifs is 4. The molecular formula is C42H38N4O7. The van der Waals surface area contributed by atoms with E-state index in [4.69, 9.17) is 33.7 Å². The van der Waals surface area contributed by atoms with E-state index in [0.29, 0.717) is 78.0 Å². The van der Waals surface area contributed by atoms with Gasteiger partial charge in [0.2, 0.25) is 0 Å². The first-order valence-electron chi connectivity index (χ1n) is 17.5. The van der Waals surface area contributed by atoms with Crippen molar-refractivity contribution < 1.29 is 33.3 Å². The van der Waals surface area contributed by atoms with Gasteiger partial charge in [0.1, 0.15) is 5.75 Å². The van der Waals surface area contributed by atoms with Gasteiger partial charge < -0.3 is 33.5 Å². The molecule has 0 saturated carbocycles. The second-order valence-electron chi connectivity index (χ2n) is 13.0. The van der Waals surface area contributed by atoms with Gasteiger partial charge in [-0.2, -0.15) is 0 Å². The van der Waals surface area contributed by atoms with Crippen molar-refractivity contribution in [2.45, 2.75) is 31.3 Å². The van der Waals surface area contributed by atoms with E-state index in [1.165, 1.54) is 0 Å². The van der Waals surface area contributed by atoms with Gasteiger partial charge in [0.25, 0.3) is 11.8 Å². The molecule has 53 heavy (non-hydrogen) atoms. The highest BCUT2D eigenvalue weighted by Crippen LogP contribution is 2.42. The Morgan fingerprint density at radius 1 is 0.604 bits per heavy atom. The summed E-state index contributed by atoms with van der Waals surface area (Å²) in [6.45, 7) is 0.625. The van der Waals surface area contributed by atoms with Crippen LogP contribution in [0.25, 0.3) is 11.1 Å². The van der Waals surface area contributed by atoms with Crippen molar-refractivity contribution in [1.82, 2.24) is 9.80 Å². The first kappa shape index (κ1) is 33.8. The smallest absolute Gasteiger partial charge is 0.260 e. The van der Waals surface area contributed by atoms with Gasteiger partial charge in [-0.25, -0.2) is 0 Å². The molecule has 0 fully saturated rings. The van der Waals surface area contributed by atoms with Crippen LogP contribution in [0.5, 0.6) is 28.7 Å². The third-order valence-electron chi connectivity index (χ3n) is 9.84. The number of carbonyl (C=O) groups excluding carboxylic acids is 2. The zero-order chi connectivity index (χ0) is 36.5. The van der Waals surface area contributed by atoms with E-state index >= 15 is 0 Å². The average molecular weight is 711 g/mol. The summed E-state index contributed by atoms with van der Waals surface area (Å²) >= 11 is 0. The van der Waals surface area contributed by atoms with Crippen LogP contribution >= 0.6 is 0 Å².